The number of nitrogens with one attached hydrogen (secondary N) is 1. The molecule has 0 aliphatic carbocycles. The van der Waals surface area contributed by atoms with E-state index in [1.807, 2.05) is 0 Å². The Bertz CT molecular complexity index is 336. The number of amides is 1. The fourth-order valence-corrected chi connectivity index (χ4v) is 1.04. The highest BCUT2D eigenvalue weighted by Crippen LogP contribution is 2.24. The van der Waals surface area contributed by atoms with Gasteiger partial charge in [0.15, 0.2) is 5.84 Å². The number of halogens is 4. The maximum atomic E-state index is 12.6. The molecule has 0 aromatic heterocycles. The predicted molar refractivity (Wildman–Crippen MR) is 55.8 cm³/mol. The largest absolute Gasteiger partial charge is 0.409 e. The highest BCUT2D eigenvalue weighted by atomic mass is 19.3. The molecular weight excluding hydrogens is 258 g/mol. The van der Waals surface area contributed by atoms with Crippen molar-refractivity contribution in [2.75, 3.05) is 6.54 Å². The molecule has 1 unspecified atom stereocenters. The van der Waals surface area contributed by atoms with Crippen molar-refractivity contribution < 1.29 is 27.6 Å². The minimum atomic E-state index is -4.32. The number of nitrogens with two attached hydrogens (primary N) is 1. The van der Waals surface area contributed by atoms with E-state index >= 15 is 0 Å². The van der Waals surface area contributed by atoms with E-state index in [-0.39, 0.29) is 6.42 Å². The van der Waals surface area contributed by atoms with Crippen LogP contribution in [0.25, 0.3) is 0 Å². The molecule has 0 aromatic rings. The van der Waals surface area contributed by atoms with Gasteiger partial charge in [-0.3, -0.25) is 4.79 Å². The summed E-state index contributed by atoms with van der Waals surface area (Å²) >= 11 is 0. The minimum absolute atomic E-state index is 0.0506. The Hall–Kier alpha value is -1.54. The average molecular weight is 273 g/mol. The first-order valence-electron chi connectivity index (χ1n) is 5.04. The summed E-state index contributed by atoms with van der Waals surface area (Å²) in [6.45, 7) is 1.23. The number of carbonyl (C=O) groups is 1. The normalized spacial score (nSPS) is 16.5. The van der Waals surface area contributed by atoms with Crippen molar-refractivity contribution in [2.45, 2.75) is 32.6 Å². The van der Waals surface area contributed by atoms with E-state index in [2.05, 4.69) is 5.16 Å². The zero-order chi connectivity index (χ0) is 14.6. The van der Waals surface area contributed by atoms with Crippen LogP contribution < -0.4 is 11.1 Å². The highest BCUT2D eigenvalue weighted by molar-refractivity contribution is 6.06. The molecule has 9 heteroatoms. The lowest BCUT2D eigenvalue weighted by atomic mass is 9.85. The van der Waals surface area contributed by atoms with Crippen LogP contribution >= 0.6 is 0 Å². The Labute approximate surface area is 101 Å². The third-order valence-corrected chi connectivity index (χ3v) is 2.69. The number of hydrogen-bond donors (Lipinski definition) is 3. The zero-order valence-corrected chi connectivity index (χ0v) is 9.88. The van der Waals surface area contributed by atoms with Gasteiger partial charge in [0.1, 0.15) is 5.41 Å². The summed E-state index contributed by atoms with van der Waals surface area (Å²) in [7, 11) is 0. The number of carbonyl (C=O) groups excluding carboxylic acids is 1. The first-order chi connectivity index (χ1) is 8.11. The van der Waals surface area contributed by atoms with Gasteiger partial charge in [-0.1, -0.05) is 12.1 Å². The first-order valence-corrected chi connectivity index (χ1v) is 5.04. The summed E-state index contributed by atoms with van der Waals surface area (Å²) in [4.78, 5) is 11.6. The highest BCUT2D eigenvalue weighted by Gasteiger charge is 2.43. The Morgan fingerprint density at radius 2 is 2.00 bits per heavy atom. The molecule has 1 atom stereocenters. The third-order valence-electron chi connectivity index (χ3n) is 2.69. The Morgan fingerprint density at radius 3 is 2.33 bits per heavy atom. The molecule has 0 aliphatic rings. The molecule has 5 nitrogen and oxygen atoms in total. The van der Waals surface area contributed by atoms with Gasteiger partial charge >= 0.3 is 12.3 Å². The maximum Gasteiger partial charge on any atom is 0.324 e. The quantitative estimate of drug-likeness (QED) is 0.223. The molecular formula is C9H15F4N3O2. The minimum Gasteiger partial charge on any atom is -0.409 e. The number of rotatable bonds is 6. The number of nitrogens with zero attached hydrogens (tertiary/aromatic N) is 1. The molecule has 18 heavy (non-hydrogen) atoms. The van der Waals surface area contributed by atoms with Crippen molar-refractivity contribution in [3.05, 3.63) is 0 Å². The summed E-state index contributed by atoms with van der Waals surface area (Å²) < 4.78 is 49.0. The molecule has 0 radical (unpaired) electrons. The van der Waals surface area contributed by atoms with Gasteiger partial charge in [0.25, 0.3) is 0 Å². The molecule has 0 rings (SSSR count). The van der Waals surface area contributed by atoms with E-state index in [1.165, 1.54) is 13.8 Å². The fourth-order valence-electron chi connectivity index (χ4n) is 1.04. The number of oxime groups is 1. The second-order valence-corrected chi connectivity index (χ2v) is 3.92. The topological polar surface area (TPSA) is 87.7 Å². The summed E-state index contributed by atoms with van der Waals surface area (Å²) in [5.41, 5.74) is 3.73. The predicted octanol–water partition coefficient (Wildman–Crippen LogP) is 1.17. The SMILES string of the molecule is CCC(C)(C(=O)NCC(F)(F)C(F)F)C(N)=NO. The standard InChI is InChI=1S/C9H15F4N3O2/c1-3-8(2,6(14)16-18)7(17)15-4-9(12,13)5(10)11/h5,18H,3-4H2,1-2H3,(H2,14,16)(H,15,17). The molecule has 0 bridgehead atoms. The summed E-state index contributed by atoms with van der Waals surface area (Å²) in [5.74, 6) is -5.82. The van der Waals surface area contributed by atoms with Crippen LogP contribution in [0.1, 0.15) is 20.3 Å². The van der Waals surface area contributed by atoms with Crippen LogP contribution in [-0.4, -0.2) is 35.8 Å². The van der Waals surface area contributed by atoms with Gasteiger partial charge in [0.2, 0.25) is 5.91 Å². The van der Waals surface area contributed by atoms with E-state index in [1.54, 1.807) is 5.32 Å². The number of alkyl halides is 4. The van der Waals surface area contributed by atoms with Gasteiger partial charge < -0.3 is 16.3 Å². The number of amidine groups is 1. The molecule has 0 aliphatic heterocycles. The Kier molecular flexibility index (Phi) is 5.37. The Balaban J connectivity index is 4.77. The van der Waals surface area contributed by atoms with Crippen molar-refractivity contribution in [1.29, 1.82) is 0 Å². The van der Waals surface area contributed by atoms with Crippen molar-refractivity contribution in [2.24, 2.45) is 16.3 Å². The van der Waals surface area contributed by atoms with Gasteiger partial charge in [-0.15, -0.1) is 0 Å². The van der Waals surface area contributed by atoms with Gasteiger partial charge in [-0.2, -0.15) is 8.78 Å². The molecule has 0 aromatic carbocycles. The average Bonchev–Trinajstić information content (AvgIpc) is 2.33. The van der Waals surface area contributed by atoms with E-state index in [4.69, 9.17) is 10.9 Å². The van der Waals surface area contributed by atoms with Crippen LogP contribution in [-0.2, 0) is 4.79 Å². The van der Waals surface area contributed by atoms with Gasteiger partial charge in [0, 0.05) is 0 Å². The molecule has 0 spiro atoms. The van der Waals surface area contributed by atoms with Crippen molar-refractivity contribution >= 4 is 11.7 Å². The van der Waals surface area contributed by atoms with Crippen molar-refractivity contribution in [3.8, 4) is 0 Å². The van der Waals surface area contributed by atoms with Crippen LogP contribution in [0.5, 0.6) is 0 Å². The van der Waals surface area contributed by atoms with Gasteiger partial charge in [-0.05, 0) is 13.3 Å². The van der Waals surface area contributed by atoms with Crippen molar-refractivity contribution in [1.82, 2.24) is 5.32 Å². The smallest absolute Gasteiger partial charge is 0.324 e. The molecule has 0 fully saturated rings. The van der Waals surface area contributed by atoms with E-state index in [0.717, 1.165) is 0 Å². The van der Waals surface area contributed by atoms with E-state index < -0.39 is 36.1 Å². The lowest BCUT2D eigenvalue weighted by molar-refractivity contribution is -0.140. The molecule has 1 amide bonds. The fraction of sp³-hybridized carbons (Fsp3) is 0.778. The molecule has 106 valence electrons. The van der Waals surface area contributed by atoms with Gasteiger partial charge in [0.05, 0.1) is 6.54 Å². The molecule has 4 N–H and O–H groups in total. The molecule has 0 saturated carbocycles. The second-order valence-electron chi connectivity index (χ2n) is 3.92. The molecule has 0 heterocycles. The lowest BCUT2D eigenvalue weighted by Crippen LogP contribution is -2.51. The van der Waals surface area contributed by atoms with Crippen LogP contribution in [0.2, 0.25) is 0 Å². The van der Waals surface area contributed by atoms with E-state index in [0.29, 0.717) is 0 Å². The summed E-state index contributed by atoms with van der Waals surface area (Å²) in [6, 6.07) is 0. The van der Waals surface area contributed by atoms with Crippen LogP contribution in [0.15, 0.2) is 5.16 Å². The second kappa shape index (κ2) is 5.87. The first kappa shape index (κ1) is 16.5. The summed E-state index contributed by atoms with van der Waals surface area (Å²) in [6.07, 6.45) is -3.83. The maximum absolute atomic E-state index is 12.6. The monoisotopic (exact) mass is 273 g/mol. The zero-order valence-electron chi connectivity index (χ0n) is 9.88. The van der Waals surface area contributed by atoms with E-state index in [9.17, 15) is 22.4 Å². The third kappa shape index (κ3) is 3.47. The Morgan fingerprint density at radius 1 is 1.50 bits per heavy atom. The van der Waals surface area contributed by atoms with Crippen LogP contribution in [0.3, 0.4) is 0 Å². The van der Waals surface area contributed by atoms with Gasteiger partial charge in [-0.25, -0.2) is 8.78 Å². The summed E-state index contributed by atoms with van der Waals surface area (Å²) in [5, 5.41) is 12.8. The van der Waals surface area contributed by atoms with Crippen LogP contribution in [0, 0.1) is 5.41 Å². The van der Waals surface area contributed by atoms with Crippen molar-refractivity contribution in [3.63, 3.8) is 0 Å². The number of hydrogen-bond acceptors (Lipinski definition) is 3. The molecule has 0 saturated heterocycles. The lowest BCUT2D eigenvalue weighted by Gasteiger charge is -2.26. The van der Waals surface area contributed by atoms with Crippen LogP contribution in [0.4, 0.5) is 17.6 Å².